The Labute approximate surface area is 140 Å². The SMILES string of the molecule is CC1CCCN1Cc1ccc(CCNC(=O)OC(C)(C)C)cc1. The van der Waals surface area contributed by atoms with Gasteiger partial charge in [0.15, 0.2) is 0 Å². The van der Waals surface area contributed by atoms with Gasteiger partial charge in [0.05, 0.1) is 0 Å². The Morgan fingerprint density at radius 2 is 1.91 bits per heavy atom. The number of carbonyl (C=O) groups excluding carboxylic acids is 1. The van der Waals surface area contributed by atoms with Gasteiger partial charge < -0.3 is 10.1 Å². The van der Waals surface area contributed by atoms with Gasteiger partial charge in [0.1, 0.15) is 5.60 Å². The van der Waals surface area contributed by atoms with Crippen LogP contribution < -0.4 is 5.32 Å². The molecule has 1 aromatic carbocycles. The van der Waals surface area contributed by atoms with E-state index in [0.29, 0.717) is 12.6 Å². The van der Waals surface area contributed by atoms with Crippen LogP contribution in [0.5, 0.6) is 0 Å². The molecule has 0 aliphatic carbocycles. The Morgan fingerprint density at radius 3 is 2.48 bits per heavy atom. The first-order valence-corrected chi connectivity index (χ1v) is 8.62. The van der Waals surface area contributed by atoms with E-state index < -0.39 is 5.60 Å². The summed E-state index contributed by atoms with van der Waals surface area (Å²) in [6, 6.07) is 9.43. The highest BCUT2D eigenvalue weighted by Gasteiger charge is 2.19. The van der Waals surface area contributed by atoms with Gasteiger partial charge in [-0.1, -0.05) is 24.3 Å². The van der Waals surface area contributed by atoms with Gasteiger partial charge in [-0.2, -0.15) is 0 Å². The number of hydrogen-bond acceptors (Lipinski definition) is 3. The summed E-state index contributed by atoms with van der Waals surface area (Å²) in [6.45, 7) is 10.8. The highest BCUT2D eigenvalue weighted by molar-refractivity contribution is 5.67. The molecule has 0 radical (unpaired) electrons. The predicted octanol–water partition coefficient (Wildman–Crippen LogP) is 3.74. The molecule has 1 aliphatic rings. The van der Waals surface area contributed by atoms with Gasteiger partial charge in [0.25, 0.3) is 0 Å². The third kappa shape index (κ3) is 6.22. The summed E-state index contributed by atoms with van der Waals surface area (Å²) in [4.78, 5) is 14.1. The molecule has 1 atom stereocenters. The van der Waals surface area contributed by atoms with E-state index in [9.17, 15) is 4.79 Å². The van der Waals surface area contributed by atoms with Crippen molar-refractivity contribution in [1.82, 2.24) is 10.2 Å². The number of rotatable bonds is 5. The van der Waals surface area contributed by atoms with Crippen molar-refractivity contribution >= 4 is 6.09 Å². The quantitative estimate of drug-likeness (QED) is 0.899. The zero-order chi connectivity index (χ0) is 16.9. The van der Waals surface area contributed by atoms with Crippen LogP contribution in [0.3, 0.4) is 0 Å². The molecule has 23 heavy (non-hydrogen) atoms. The van der Waals surface area contributed by atoms with E-state index in [-0.39, 0.29) is 6.09 Å². The lowest BCUT2D eigenvalue weighted by molar-refractivity contribution is 0.0528. The minimum absolute atomic E-state index is 0.350. The Balaban J connectivity index is 1.73. The predicted molar refractivity (Wildman–Crippen MR) is 93.5 cm³/mol. The summed E-state index contributed by atoms with van der Waals surface area (Å²) < 4.78 is 5.22. The van der Waals surface area contributed by atoms with Gasteiger partial charge in [-0.3, -0.25) is 4.90 Å². The molecule has 1 N–H and O–H groups in total. The lowest BCUT2D eigenvalue weighted by Gasteiger charge is -2.21. The Kier molecular flexibility index (Phi) is 6.05. The van der Waals surface area contributed by atoms with E-state index in [1.165, 1.54) is 30.5 Å². The number of amides is 1. The molecule has 1 fully saturated rings. The van der Waals surface area contributed by atoms with E-state index >= 15 is 0 Å². The zero-order valence-electron chi connectivity index (χ0n) is 14.9. The normalized spacial score (nSPS) is 18.9. The van der Waals surface area contributed by atoms with Crippen molar-refractivity contribution < 1.29 is 9.53 Å². The van der Waals surface area contributed by atoms with Crippen molar-refractivity contribution in [3.8, 4) is 0 Å². The van der Waals surface area contributed by atoms with E-state index in [1.54, 1.807) is 0 Å². The summed E-state index contributed by atoms with van der Waals surface area (Å²) in [7, 11) is 0. The number of benzene rings is 1. The van der Waals surface area contributed by atoms with Crippen molar-refractivity contribution in [2.45, 2.75) is 65.1 Å². The third-order valence-electron chi connectivity index (χ3n) is 4.18. The van der Waals surface area contributed by atoms with Gasteiger partial charge in [-0.15, -0.1) is 0 Å². The van der Waals surface area contributed by atoms with Gasteiger partial charge in [-0.25, -0.2) is 4.79 Å². The molecule has 2 rings (SSSR count). The maximum Gasteiger partial charge on any atom is 0.407 e. The molecule has 0 aromatic heterocycles. The van der Waals surface area contributed by atoms with Crippen molar-refractivity contribution in [1.29, 1.82) is 0 Å². The third-order valence-corrected chi connectivity index (χ3v) is 4.18. The molecule has 1 aromatic rings. The number of nitrogens with one attached hydrogen (secondary N) is 1. The molecule has 1 heterocycles. The molecule has 0 bridgehead atoms. The van der Waals surface area contributed by atoms with Gasteiger partial charge in [-0.05, 0) is 64.6 Å². The fourth-order valence-electron chi connectivity index (χ4n) is 2.90. The molecule has 0 spiro atoms. The van der Waals surface area contributed by atoms with E-state index in [0.717, 1.165) is 13.0 Å². The number of likely N-dealkylation sites (tertiary alicyclic amines) is 1. The summed E-state index contributed by atoms with van der Waals surface area (Å²) in [5.41, 5.74) is 2.15. The molecule has 1 aliphatic heterocycles. The average Bonchev–Trinajstić information content (AvgIpc) is 2.84. The molecule has 0 saturated carbocycles. The van der Waals surface area contributed by atoms with Crippen LogP contribution in [-0.4, -0.2) is 35.7 Å². The minimum atomic E-state index is -0.446. The fourth-order valence-corrected chi connectivity index (χ4v) is 2.90. The fraction of sp³-hybridized carbons (Fsp3) is 0.632. The van der Waals surface area contributed by atoms with Crippen LogP contribution in [0, 0.1) is 0 Å². The number of nitrogens with zero attached hydrogens (tertiary/aromatic N) is 1. The van der Waals surface area contributed by atoms with Crippen LogP contribution in [0.4, 0.5) is 4.79 Å². The highest BCUT2D eigenvalue weighted by Crippen LogP contribution is 2.19. The molecule has 1 saturated heterocycles. The average molecular weight is 318 g/mol. The van der Waals surface area contributed by atoms with Crippen LogP contribution in [0.2, 0.25) is 0 Å². The van der Waals surface area contributed by atoms with E-state index in [2.05, 4.69) is 41.4 Å². The molecule has 4 nitrogen and oxygen atoms in total. The Hall–Kier alpha value is -1.55. The summed E-state index contributed by atoms with van der Waals surface area (Å²) in [6.07, 6.45) is 3.10. The first kappa shape index (κ1) is 17.8. The largest absolute Gasteiger partial charge is 0.444 e. The number of carbonyl (C=O) groups is 1. The lowest BCUT2D eigenvalue weighted by Crippen LogP contribution is -2.33. The standard InChI is InChI=1S/C19H30N2O2/c1-15-6-5-13-21(15)14-17-9-7-16(8-10-17)11-12-20-18(22)23-19(2,3)4/h7-10,15H,5-6,11-14H2,1-4H3,(H,20,22). The summed E-state index contributed by atoms with van der Waals surface area (Å²) in [5.74, 6) is 0. The van der Waals surface area contributed by atoms with E-state index in [4.69, 9.17) is 4.74 Å². The van der Waals surface area contributed by atoms with Crippen molar-refractivity contribution in [3.63, 3.8) is 0 Å². The molecule has 128 valence electrons. The van der Waals surface area contributed by atoms with Crippen LogP contribution in [0.15, 0.2) is 24.3 Å². The molecule has 1 unspecified atom stereocenters. The zero-order valence-corrected chi connectivity index (χ0v) is 14.9. The smallest absolute Gasteiger partial charge is 0.407 e. The molecule has 4 heteroatoms. The number of hydrogen-bond donors (Lipinski definition) is 1. The monoisotopic (exact) mass is 318 g/mol. The lowest BCUT2D eigenvalue weighted by atomic mass is 10.1. The first-order chi connectivity index (χ1) is 10.8. The maximum absolute atomic E-state index is 11.6. The number of alkyl carbamates (subject to hydrolysis) is 1. The topological polar surface area (TPSA) is 41.6 Å². The van der Waals surface area contributed by atoms with Crippen LogP contribution in [0.1, 0.15) is 51.7 Å². The Bertz CT molecular complexity index is 505. The molecular weight excluding hydrogens is 288 g/mol. The van der Waals surface area contributed by atoms with E-state index in [1.807, 2.05) is 20.8 Å². The second-order valence-corrected chi connectivity index (χ2v) is 7.46. The van der Waals surface area contributed by atoms with Crippen LogP contribution in [-0.2, 0) is 17.7 Å². The summed E-state index contributed by atoms with van der Waals surface area (Å²) >= 11 is 0. The Morgan fingerprint density at radius 1 is 1.26 bits per heavy atom. The summed E-state index contributed by atoms with van der Waals surface area (Å²) in [5, 5.41) is 2.80. The highest BCUT2D eigenvalue weighted by atomic mass is 16.6. The van der Waals surface area contributed by atoms with Crippen molar-refractivity contribution in [2.24, 2.45) is 0 Å². The minimum Gasteiger partial charge on any atom is -0.444 e. The van der Waals surface area contributed by atoms with Crippen molar-refractivity contribution in [2.75, 3.05) is 13.1 Å². The van der Waals surface area contributed by atoms with Gasteiger partial charge >= 0.3 is 6.09 Å². The van der Waals surface area contributed by atoms with Crippen LogP contribution >= 0.6 is 0 Å². The molecular formula is C19H30N2O2. The van der Waals surface area contributed by atoms with Crippen molar-refractivity contribution in [3.05, 3.63) is 35.4 Å². The number of ether oxygens (including phenoxy) is 1. The van der Waals surface area contributed by atoms with Crippen LogP contribution in [0.25, 0.3) is 0 Å². The second-order valence-electron chi connectivity index (χ2n) is 7.46. The maximum atomic E-state index is 11.6. The van der Waals surface area contributed by atoms with Gasteiger partial charge in [0, 0.05) is 19.1 Å². The molecule has 1 amide bonds. The first-order valence-electron chi connectivity index (χ1n) is 8.62. The second kappa shape index (κ2) is 7.82. The van der Waals surface area contributed by atoms with Gasteiger partial charge in [0.2, 0.25) is 0 Å².